The fourth-order valence-corrected chi connectivity index (χ4v) is 2.51. The molecule has 0 saturated carbocycles. The van der Waals surface area contributed by atoms with Crippen molar-refractivity contribution < 1.29 is 10.2 Å². The molecule has 2 aromatic rings. The first-order valence-corrected chi connectivity index (χ1v) is 8.84. The first-order valence-electron chi connectivity index (χ1n) is 8.84. The van der Waals surface area contributed by atoms with Crippen molar-refractivity contribution in [3.05, 3.63) is 58.1 Å². The van der Waals surface area contributed by atoms with Crippen molar-refractivity contribution in [3.8, 4) is 11.5 Å². The minimum atomic E-state index is 0.156. The van der Waals surface area contributed by atoms with Crippen molar-refractivity contribution in [3.63, 3.8) is 0 Å². The van der Waals surface area contributed by atoms with Gasteiger partial charge in [0.1, 0.15) is 11.5 Å². The summed E-state index contributed by atoms with van der Waals surface area (Å²) in [5.74, 6) is 0.802. The largest absolute Gasteiger partial charge is 0.508 e. The van der Waals surface area contributed by atoms with Crippen LogP contribution in [-0.4, -0.2) is 10.2 Å². The molecule has 0 amide bonds. The Morgan fingerprint density at radius 1 is 0.600 bits per heavy atom. The fraction of sp³-hybridized carbons (Fsp3) is 0.478. The third kappa shape index (κ3) is 5.81. The Morgan fingerprint density at radius 2 is 1.00 bits per heavy atom. The van der Waals surface area contributed by atoms with Gasteiger partial charge in [-0.3, -0.25) is 0 Å². The summed E-state index contributed by atoms with van der Waals surface area (Å²) < 4.78 is 0. The number of rotatable bonds is 0. The third-order valence-corrected chi connectivity index (χ3v) is 4.42. The van der Waals surface area contributed by atoms with Gasteiger partial charge in [0, 0.05) is 0 Å². The summed E-state index contributed by atoms with van der Waals surface area (Å²) in [7, 11) is 0. The summed E-state index contributed by atoms with van der Waals surface area (Å²) in [5, 5.41) is 18.9. The molecule has 0 atom stereocenters. The predicted octanol–water partition coefficient (Wildman–Crippen LogP) is 6.30. The normalized spacial score (nSPS) is 11.7. The van der Waals surface area contributed by atoms with E-state index >= 15 is 0 Å². The van der Waals surface area contributed by atoms with Crippen LogP contribution < -0.4 is 0 Å². The summed E-state index contributed by atoms with van der Waals surface area (Å²) in [6.07, 6.45) is 0. The van der Waals surface area contributed by atoms with Crippen molar-refractivity contribution in [1.29, 1.82) is 0 Å². The number of hydrogen-bond acceptors (Lipinski definition) is 2. The monoisotopic (exact) mass is 342 g/mol. The Hall–Kier alpha value is -1.96. The maximum atomic E-state index is 9.60. The molecule has 2 aromatic carbocycles. The van der Waals surface area contributed by atoms with Crippen molar-refractivity contribution in [2.45, 2.75) is 73.1 Å². The van der Waals surface area contributed by atoms with Crippen molar-refractivity contribution in [2.24, 2.45) is 0 Å². The maximum Gasteiger partial charge on any atom is 0.121 e. The molecule has 0 aliphatic rings. The lowest BCUT2D eigenvalue weighted by Gasteiger charge is -2.20. The Labute approximate surface area is 153 Å². The van der Waals surface area contributed by atoms with E-state index in [-0.39, 0.29) is 10.8 Å². The van der Waals surface area contributed by atoms with Crippen LogP contribution in [0.4, 0.5) is 0 Å². The van der Waals surface area contributed by atoms with E-state index in [9.17, 15) is 10.2 Å². The summed E-state index contributed by atoms with van der Waals surface area (Å²) in [5.41, 5.74) is 5.73. The van der Waals surface area contributed by atoms with E-state index in [0.717, 1.165) is 16.7 Å². The number of hydrogen-bond donors (Lipinski definition) is 2. The Kier molecular flexibility index (Phi) is 6.33. The molecule has 0 aromatic heterocycles. The van der Waals surface area contributed by atoms with Gasteiger partial charge in [0.15, 0.2) is 0 Å². The van der Waals surface area contributed by atoms with E-state index < -0.39 is 0 Å². The van der Waals surface area contributed by atoms with Crippen LogP contribution in [-0.2, 0) is 10.8 Å². The van der Waals surface area contributed by atoms with E-state index in [2.05, 4.69) is 53.7 Å². The van der Waals surface area contributed by atoms with Crippen LogP contribution in [0.25, 0.3) is 0 Å². The predicted molar refractivity (Wildman–Crippen MR) is 108 cm³/mol. The minimum Gasteiger partial charge on any atom is -0.508 e. The highest BCUT2D eigenvalue weighted by Gasteiger charge is 2.16. The molecular weight excluding hydrogens is 308 g/mol. The van der Waals surface area contributed by atoms with Gasteiger partial charge in [-0.05, 0) is 65.5 Å². The Balaban J connectivity index is 0.000000251. The molecular formula is C23H34O2. The van der Waals surface area contributed by atoms with Gasteiger partial charge in [-0.1, -0.05) is 65.8 Å². The van der Waals surface area contributed by atoms with E-state index in [1.54, 1.807) is 6.07 Å². The van der Waals surface area contributed by atoms with E-state index in [1.165, 1.54) is 11.1 Å². The molecule has 0 saturated heterocycles. The number of aromatic hydroxyl groups is 2. The highest BCUT2D eigenvalue weighted by Crippen LogP contribution is 2.30. The molecule has 0 radical (unpaired) electrons. The number of benzene rings is 2. The van der Waals surface area contributed by atoms with E-state index in [0.29, 0.717) is 11.5 Å². The Bertz CT molecular complexity index is 706. The van der Waals surface area contributed by atoms with Crippen LogP contribution in [0.3, 0.4) is 0 Å². The van der Waals surface area contributed by atoms with Gasteiger partial charge in [-0.25, -0.2) is 0 Å². The fourth-order valence-electron chi connectivity index (χ4n) is 2.51. The van der Waals surface area contributed by atoms with Gasteiger partial charge < -0.3 is 10.2 Å². The molecule has 2 rings (SSSR count). The van der Waals surface area contributed by atoms with Gasteiger partial charge in [0.25, 0.3) is 0 Å². The SMILES string of the molecule is Cc1cc(C(C)(C)C)cc(C)c1O.Cc1cc(C(C)(C)C)ccc1O. The standard InChI is InChI=1S/C12H18O.C11H16O/c1-8-6-10(12(3,4)5)7-9(2)11(8)13;1-8-7-9(11(2,3)4)5-6-10(8)12/h6-7,13H,1-5H3;5-7,12H,1-4H3. The number of phenols is 2. The molecule has 0 aliphatic carbocycles. The average molecular weight is 343 g/mol. The molecule has 138 valence electrons. The van der Waals surface area contributed by atoms with Gasteiger partial charge in [0.05, 0.1) is 0 Å². The van der Waals surface area contributed by atoms with Crippen LogP contribution in [0.2, 0.25) is 0 Å². The first kappa shape index (κ1) is 21.1. The van der Waals surface area contributed by atoms with Crippen molar-refractivity contribution >= 4 is 0 Å². The summed E-state index contributed by atoms with van der Waals surface area (Å²) in [6.45, 7) is 18.8. The quantitative estimate of drug-likeness (QED) is 0.589. The van der Waals surface area contributed by atoms with Gasteiger partial charge in [-0.15, -0.1) is 0 Å². The number of aryl methyl sites for hydroxylation is 3. The topological polar surface area (TPSA) is 40.5 Å². The molecule has 2 N–H and O–H groups in total. The summed E-state index contributed by atoms with van der Waals surface area (Å²) in [4.78, 5) is 0. The van der Waals surface area contributed by atoms with Crippen LogP contribution in [0.1, 0.15) is 69.4 Å². The van der Waals surface area contributed by atoms with Crippen LogP contribution >= 0.6 is 0 Å². The highest BCUT2D eigenvalue weighted by molar-refractivity contribution is 5.44. The van der Waals surface area contributed by atoms with Gasteiger partial charge in [-0.2, -0.15) is 0 Å². The maximum absolute atomic E-state index is 9.60. The smallest absolute Gasteiger partial charge is 0.121 e. The minimum absolute atomic E-state index is 0.156. The van der Waals surface area contributed by atoms with E-state index in [4.69, 9.17) is 0 Å². The molecule has 0 fully saturated rings. The molecule has 2 nitrogen and oxygen atoms in total. The van der Waals surface area contributed by atoms with Crippen molar-refractivity contribution in [1.82, 2.24) is 0 Å². The molecule has 0 unspecified atom stereocenters. The van der Waals surface area contributed by atoms with Gasteiger partial charge in [0.2, 0.25) is 0 Å². The molecule has 0 heterocycles. The molecule has 0 aliphatic heterocycles. The second-order valence-corrected chi connectivity index (χ2v) is 8.96. The van der Waals surface area contributed by atoms with Crippen LogP contribution in [0.5, 0.6) is 11.5 Å². The zero-order valence-corrected chi connectivity index (χ0v) is 17.3. The Morgan fingerprint density at radius 3 is 1.36 bits per heavy atom. The summed E-state index contributed by atoms with van der Waals surface area (Å²) in [6, 6.07) is 9.89. The molecule has 0 spiro atoms. The van der Waals surface area contributed by atoms with E-state index in [1.807, 2.05) is 32.9 Å². The molecule has 2 heteroatoms. The van der Waals surface area contributed by atoms with Crippen molar-refractivity contribution in [2.75, 3.05) is 0 Å². The van der Waals surface area contributed by atoms with Crippen LogP contribution in [0, 0.1) is 20.8 Å². The van der Waals surface area contributed by atoms with Crippen LogP contribution in [0.15, 0.2) is 30.3 Å². The zero-order valence-electron chi connectivity index (χ0n) is 17.3. The zero-order chi connectivity index (χ0) is 19.6. The second kappa shape index (κ2) is 7.51. The second-order valence-electron chi connectivity index (χ2n) is 8.96. The lowest BCUT2D eigenvalue weighted by Crippen LogP contribution is -2.11. The molecule has 0 bridgehead atoms. The number of phenolic OH excluding ortho intramolecular Hbond substituents is 2. The average Bonchev–Trinajstić information content (AvgIpc) is 2.45. The first-order chi connectivity index (χ1) is 11.2. The lowest BCUT2D eigenvalue weighted by molar-refractivity contribution is 0.465. The summed E-state index contributed by atoms with van der Waals surface area (Å²) >= 11 is 0. The van der Waals surface area contributed by atoms with Gasteiger partial charge >= 0.3 is 0 Å². The third-order valence-electron chi connectivity index (χ3n) is 4.42. The highest BCUT2D eigenvalue weighted by atomic mass is 16.3. The molecule has 25 heavy (non-hydrogen) atoms. The lowest BCUT2D eigenvalue weighted by atomic mass is 9.85.